The molecule has 38 heavy (non-hydrogen) atoms. The maximum Gasteiger partial charge on any atom is 0.201 e. The fourth-order valence-electron chi connectivity index (χ4n) is 4.13. The molecule has 0 unspecified atom stereocenters. The van der Waals surface area contributed by atoms with E-state index in [9.17, 15) is 17.6 Å². The molecular weight excluding hydrogens is 492 g/mol. The van der Waals surface area contributed by atoms with Crippen LogP contribution in [0.2, 0.25) is 0 Å². The first kappa shape index (κ1) is 27.2. The number of hydrogen-bond acceptors (Lipinski definition) is 2. The molecule has 0 aliphatic rings. The van der Waals surface area contributed by atoms with Crippen molar-refractivity contribution in [2.45, 2.75) is 46.1 Å². The smallest absolute Gasteiger partial charge is 0.201 e. The summed E-state index contributed by atoms with van der Waals surface area (Å²) in [6, 6.07) is 19.4. The summed E-state index contributed by atoms with van der Waals surface area (Å²) in [7, 11) is 0. The number of unbranched alkanes of at least 4 members (excludes halogenated alkanes) is 3. The first-order valence-corrected chi connectivity index (χ1v) is 12.8. The van der Waals surface area contributed by atoms with Crippen LogP contribution in [0.3, 0.4) is 0 Å². The number of aryl methyl sites for hydroxylation is 1. The molecule has 0 N–H and O–H groups in total. The number of rotatable bonds is 11. The third kappa shape index (κ3) is 6.36. The van der Waals surface area contributed by atoms with Crippen molar-refractivity contribution in [2.75, 3.05) is 6.61 Å². The summed E-state index contributed by atoms with van der Waals surface area (Å²) in [4.78, 5) is 0. The van der Waals surface area contributed by atoms with Crippen LogP contribution in [0.15, 0.2) is 72.8 Å². The van der Waals surface area contributed by atoms with Gasteiger partial charge in [-0.15, -0.1) is 0 Å². The molecule has 0 aromatic heterocycles. The highest BCUT2D eigenvalue weighted by Crippen LogP contribution is 2.32. The molecule has 4 aromatic carbocycles. The predicted molar refractivity (Wildman–Crippen MR) is 142 cm³/mol. The molecule has 0 saturated carbocycles. The summed E-state index contributed by atoms with van der Waals surface area (Å²) in [5.74, 6) is -3.64. The second kappa shape index (κ2) is 12.6. The zero-order chi connectivity index (χ0) is 27.1. The molecule has 4 aromatic rings. The normalized spacial score (nSPS) is 11.0. The molecule has 0 fully saturated rings. The van der Waals surface area contributed by atoms with Gasteiger partial charge in [-0.2, -0.15) is 4.39 Å². The van der Waals surface area contributed by atoms with Gasteiger partial charge in [0, 0.05) is 16.7 Å². The summed E-state index contributed by atoms with van der Waals surface area (Å²) in [5.41, 5.74) is 2.40. The highest BCUT2D eigenvalue weighted by atomic mass is 19.2. The number of benzene rings is 4. The van der Waals surface area contributed by atoms with Gasteiger partial charge >= 0.3 is 0 Å². The number of ether oxygens (including phenoxy) is 2. The van der Waals surface area contributed by atoms with Crippen molar-refractivity contribution in [3.63, 3.8) is 0 Å². The molecule has 0 bridgehead atoms. The van der Waals surface area contributed by atoms with Gasteiger partial charge in [-0.1, -0.05) is 80.3 Å². The SMILES string of the molecule is CCCCCCOc1ccc(-c2ccc(OCc3ccc(-c4ccc(C)cc4)c(F)c3F)cc2)c(F)c1F. The number of halogens is 4. The molecule has 6 heteroatoms. The summed E-state index contributed by atoms with van der Waals surface area (Å²) < 4.78 is 69.8. The Kier molecular flexibility index (Phi) is 9.06. The van der Waals surface area contributed by atoms with E-state index in [1.54, 1.807) is 36.4 Å². The maximum atomic E-state index is 14.7. The van der Waals surface area contributed by atoms with Crippen molar-refractivity contribution in [3.8, 4) is 33.8 Å². The van der Waals surface area contributed by atoms with Crippen molar-refractivity contribution in [3.05, 3.63) is 107 Å². The van der Waals surface area contributed by atoms with Crippen LogP contribution in [-0.2, 0) is 6.61 Å². The van der Waals surface area contributed by atoms with Crippen LogP contribution in [0, 0.1) is 30.2 Å². The van der Waals surface area contributed by atoms with Crippen LogP contribution in [-0.4, -0.2) is 6.61 Å². The minimum atomic E-state index is -1.02. The lowest BCUT2D eigenvalue weighted by Gasteiger charge is -2.12. The van der Waals surface area contributed by atoms with Crippen LogP contribution in [0.25, 0.3) is 22.3 Å². The van der Waals surface area contributed by atoms with E-state index in [1.165, 1.54) is 24.3 Å². The molecule has 0 saturated heterocycles. The minimum Gasteiger partial charge on any atom is -0.490 e. The Hall–Kier alpha value is -3.80. The Morgan fingerprint density at radius 2 is 1.18 bits per heavy atom. The zero-order valence-corrected chi connectivity index (χ0v) is 21.5. The summed E-state index contributed by atoms with van der Waals surface area (Å²) in [6.45, 7) is 4.16. The van der Waals surface area contributed by atoms with Gasteiger partial charge in [-0.05, 0) is 48.7 Å². The van der Waals surface area contributed by atoms with Gasteiger partial charge in [0.1, 0.15) is 12.4 Å². The Labute approximate surface area is 220 Å². The van der Waals surface area contributed by atoms with Gasteiger partial charge in [-0.3, -0.25) is 0 Å². The molecule has 198 valence electrons. The van der Waals surface area contributed by atoms with Gasteiger partial charge in [0.25, 0.3) is 0 Å². The summed E-state index contributed by atoms with van der Waals surface area (Å²) >= 11 is 0. The van der Waals surface area contributed by atoms with E-state index in [0.29, 0.717) is 23.5 Å². The van der Waals surface area contributed by atoms with Crippen LogP contribution >= 0.6 is 0 Å². The number of hydrogen-bond donors (Lipinski definition) is 0. The molecule has 0 heterocycles. The highest BCUT2D eigenvalue weighted by molar-refractivity contribution is 5.66. The van der Waals surface area contributed by atoms with Crippen molar-refractivity contribution < 1.29 is 27.0 Å². The van der Waals surface area contributed by atoms with Crippen molar-refractivity contribution in [2.24, 2.45) is 0 Å². The molecule has 0 aliphatic heterocycles. The van der Waals surface area contributed by atoms with E-state index in [2.05, 4.69) is 6.92 Å². The van der Waals surface area contributed by atoms with Gasteiger partial charge < -0.3 is 9.47 Å². The summed E-state index contributed by atoms with van der Waals surface area (Å²) in [6.07, 6.45) is 3.92. The average molecular weight is 523 g/mol. The van der Waals surface area contributed by atoms with Crippen LogP contribution < -0.4 is 9.47 Å². The molecule has 2 nitrogen and oxygen atoms in total. The van der Waals surface area contributed by atoms with Crippen molar-refractivity contribution >= 4 is 0 Å². The molecule has 4 rings (SSSR count). The fraction of sp³-hybridized carbons (Fsp3) is 0.250. The van der Waals surface area contributed by atoms with E-state index in [4.69, 9.17) is 9.47 Å². The maximum absolute atomic E-state index is 14.7. The fourth-order valence-corrected chi connectivity index (χ4v) is 4.13. The van der Waals surface area contributed by atoms with E-state index < -0.39 is 23.3 Å². The Balaban J connectivity index is 1.40. The second-order valence-electron chi connectivity index (χ2n) is 9.23. The van der Waals surface area contributed by atoms with Gasteiger partial charge in [0.15, 0.2) is 23.2 Å². The highest BCUT2D eigenvalue weighted by Gasteiger charge is 2.17. The van der Waals surface area contributed by atoms with E-state index >= 15 is 0 Å². The molecule has 0 aliphatic carbocycles. The van der Waals surface area contributed by atoms with Crippen LogP contribution in [0.5, 0.6) is 11.5 Å². The van der Waals surface area contributed by atoms with E-state index in [-0.39, 0.29) is 29.0 Å². The lowest BCUT2D eigenvalue weighted by molar-refractivity contribution is 0.285. The lowest BCUT2D eigenvalue weighted by Crippen LogP contribution is -2.02. The first-order valence-electron chi connectivity index (χ1n) is 12.8. The third-order valence-electron chi connectivity index (χ3n) is 6.39. The minimum absolute atomic E-state index is 0.0702. The standard InChI is InChI=1S/C32H30F4O2/c1-3-4-5-6-19-37-28-18-17-27(31(35)32(28)36)23-11-14-25(15-12-23)38-20-24-13-16-26(30(34)29(24)33)22-9-7-21(2)8-10-22/h7-18H,3-6,19-20H2,1-2H3. The zero-order valence-electron chi connectivity index (χ0n) is 21.5. The van der Waals surface area contributed by atoms with E-state index in [1.807, 2.05) is 19.1 Å². The topological polar surface area (TPSA) is 18.5 Å². The quantitative estimate of drug-likeness (QED) is 0.144. The predicted octanol–water partition coefficient (Wildman–Crippen LogP) is 9.42. The largest absolute Gasteiger partial charge is 0.490 e. The second-order valence-corrected chi connectivity index (χ2v) is 9.23. The van der Waals surface area contributed by atoms with Gasteiger partial charge in [0.05, 0.1) is 6.61 Å². The van der Waals surface area contributed by atoms with Gasteiger partial charge in [-0.25, -0.2) is 13.2 Å². The Bertz CT molecular complexity index is 1370. The Morgan fingerprint density at radius 1 is 0.579 bits per heavy atom. The van der Waals surface area contributed by atoms with E-state index in [0.717, 1.165) is 31.2 Å². The van der Waals surface area contributed by atoms with Crippen LogP contribution in [0.4, 0.5) is 17.6 Å². The van der Waals surface area contributed by atoms with Crippen molar-refractivity contribution in [1.29, 1.82) is 0 Å². The average Bonchev–Trinajstić information content (AvgIpc) is 2.93. The molecule has 0 radical (unpaired) electrons. The van der Waals surface area contributed by atoms with Crippen molar-refractivity contribution in [1.82, 2.24) is 0 Å². The van der Waals surface area contributed by atoms with Gasteiger partial charge in [0.2, 0.25) is 5.82 Å². The lowest BCUT2D eigenvalue weighted by atomic mass is 10.0. The summed E-state index contributed by atoms with van der Waals surface area (Å²) in [5, 5.41) is 0. The molecule has 0 spiro atoms. The monoisotopic (exact) mass is 522 g/mol. The molecular formula is C32H30F4O2. The van der Waals surface area contributed by atoms with Crippen LogP contribution in [0.1, 0.15) is 43.7 Å². The Morgan fingerprint density at radius 3 is 1.84 bits per heavy atom. The molecule has 0 amide bonds. The first-order chi connectivity index (χ1) is 18.4. The third-order valence-corrected chi connectivity index (χ3v) is 6.39. The molecule has 0 atom stereocenters.